The number of fused-ring (bicyclic) bond motifs is 1. The predicted octanol–water partition coefficient (Wildman–Crippen LogP) is 7.09. The molecule has 0 aliphatic rings. The van der Waals surface area contributed by atoms with E-state index in [4.69, 9.17) is 4.98 Å². The highest BCUT2D eigenvalue weighted by atomic mass is 14.8. The first-order chi connectivity index (χ1) is 13.8. The van der Waals surface area contributed by atoms with E-state index in [1.807, 2.05) is 12.1 Å². The zero-order valence-electron chi connectivity index (χ0n) is 16.4. The van der Waals surface area contributed by atoms with Gasteiger partial charge in [-0.25, -0.2) is 9.97 Å². The minimum absolute atomic E-state index is 0.790. The van der Waals surface area contributed by atoms with E-state index in [-0.39, 0.29) is 0 Å². The van der Waals surface area contributed by atoms with E-state index in [1.54, 1.807) is 6.20 Å². The number of aromatic nitrogens is 2. The Hall–Kier alpha value is -3.00. The van der Waals surface area contributed by atoms with Crippen molar-refractivity contribution >= 4 is 11.0 Å². The largest absolute Gasteiger partial charge is 0.237 e. The zero-order valence-corrected chi connectivity index (χ0v) is 16.4. The van der Waals surface area contributed by atoms with Crippen molar-refractivity contribution in [3.63, 3.8) is 0 Å². The van der Waals surface area contributed by atoms with Crippen LogP contribution in [0, 0.1) is 0 Å². The van der Waals surface area contributed by atoms with Gasteiger partial charge in [0, 0.05) is 17.1 Å². The smallest absolute Gasteiger partial charge is 0.159 e. The Balaban J connectivity index is 1.54. The predicted molar refractivity (Wildman–Crippen MR) is 118 cm³/mol. The van der Waals surface area contributed by atoms with Crippen molar-refractivity contribution in [2.45, 2.75) is 39.0 Å². The number of hydrogen-bond acceptors (Lipinski definition) is 2. The van der Waals surface area contributed by atoms with Crippen LogP contribution < -0.4 is 0 Å². The van der Waals surface area contributed by atoms with Crippen molar-refractivity contribution in [3.8, 4) is 22.4 Å². The number of aryl methyl sites for hydroxylation is 1. The van der Waals surface area contributed by atoms with Crippen molar-refractivity contribution in [2.24, 2.45) is 0 Å². The van der Waals surface area contributed by atoms with Crippen molar-refractivity contribution < 1.29 is 0 Å². The zero-order chi connectivity index (χ0) is 19.2. The molecule has 2 aromatic heterocycles. The van der Waals surface area contributed by atoms with Gasteiger partial charge in [-0.2, -0.15) is 0 Å². The molecule has 0 N–H and O–H groups in total. The number of benzene rings is 2. The molecular weight excluding hydrogens is 340 g/mol. The monoisotopic (exact) mass is 366 g/mol. The maximum Gasteiger partial charge on any atom is 0.159 e. The van der Waals surface area contributed by atoms with Gasteiger partial charge in [-0.15, -0.1) is 0 Å². The first kappa shape index (κ1) is 18.4. The summed E-state index contributed by atoms with van der Waals surface area (Å²) < 4.78 is 0. The number of nitrogens with zero attached hydrogens (tertiary/aromatic N) is 2. The van der Waals surface area contributed by atoms with Crippen LogP contribution in [0.1, 0.15) is 38.2 Å². The van der Waals surface area contributed by atoms with Crippen LogP contribution in [-0.4, -0.2) is 9.97 Å². The molecule has 0 aliphatic heterocycles. The van der Waals surface area contributed by atoms with Crippen LogP contribution in [0.2, 0.25) is 0 Å². The van der Waals surface area contributed by atoms with Crippen molar-refractivity contribution in [2.75, 3.05) is 0 Å². The van der Waals surface area contributed by atoms with Crippen LogP contribution in [-0.2, 0) is 6.42 Å². The molecule has 0 radical (unpaired) electrons. The third-order valence-corrected chi connectivity index (χ3v) is 5.23. The molecule has 2 nitrogen and oxygen atoms in total. The molecule has 140 valence electrons. The molecule has 0 bridgehead atoms. The fraction of sp³-hybridized carbons (Fsp3) is 0.231. The van der Waals surface area contributed by atoms with Crippen LogP contribution >= 0.6 is 0 Å². The van der Waals surface area contributed by atoms with Crippen LogP contribution in [0.5, 0.6) is 0 Å². The second kappa shape index (κ2) is 8.79. The van der Waals surface area contributed by atoms with Gasteiger partial charge in [0.15, 0.2) is 5.65 Å². The van der Waals surface area contributed by atoms with Crippen LogP contribution in [0.3, 0.4) is 0 Å². The second-order valence-corrected chi connectivity index (χ2v) is 7.34. The average molecular weight is 367 g/mol. The Kier molecular flexibility index (Phi) is 5.77. The highest BCUT2D eigenvalue weighted by Crippen LogP contribution is 2.27. The normalized spacial score (nSPS) is 11.0. The van der Waals surface area contributed by atoms with Crippen molar-refractivity contribution in [1.29, 1.82) is 0 Å². The van der Waals surface area contributed by atoms with Gasteiger partial charge in [-0.3, -0.25) is 0 Å². The van der Waals surface area contributed by atoms with Gasteiger partial charge in [0.05, 0.1) is 5.69 Å². The summed E-state index contributed by atoms with van der Waals surface area (Å²) in [4.78, 5) is 9.11. The van der Waals surface area contributed by atoms with Crippen molar-refractivity contribution in [3.05, 3.63) is 84.6 Å². The fourth-order valence-electron chi connectivity index (χ4n) is 3.59. The number of pyridine rings is 2. The van der Waals surface area contributed by atoms with Gasteiger partial charge in [0.1, 0.15) is 0 Å². The first-order valence-electron chi connectivity index (χ1n) is 10.2. The molecule has 0 fully saturated rings. The SMILES string of the molecule is CCCCCCc1ccc(-c2cccc(-c3ccc4cccnc4n3)c2)cc1. The third-order valence-electron chi connectivity index (χ3n) is 5.23. The molecule has 28 heavy (non-hydrogen) atoms. The summed E-state index contributed by atoms with van der Waals surface area (Å²) in [5.41, 5.74) is 6.77. The summed E-state index contributed by atoms with van der Waals surface area (Å²) in [6.45, 7) is 2.26. The van der Waals surface area contributed by atoms with Crippen LogP contribution in [0.25, 0.3) is 33.4 Å². The lowest BCUT2D eigenvalue weighted by molar-refractivity contribution is 0.667. The fourth-order valence-corrected chi connectivity index (χ4v) is 3.59. The van der Waals surface area contributed by atoms with Gasteiger partial charge in [-0.05, 0) is 59.9 Å². The number of hydrogen-bond donors (Lipinski definition) is 0. The highest BCUT2D eigenvalue weighted by Gasteiger charge is 2.05. The Morgan fingerprint density at radius 1 is 0.714 bits per heavy atom. The van der Waals surface area contributed by atoms with Gasteiger partial charge in [0.2, 0.25) is 0 Å². The lowest BCUT2D eigenvalue weighted by atomic mass is 9.99. The van der Waals surface area contributed by atoms with E-state index in [9.17, 15) is 0 Å². The molecule has 2 heterocycles. The van der Waals surface area contributed by atoms with Crippen molar-refractivity contribution in [1.82, 2.24) is 9.97 Å². The summed E-state index contributed by atoms with van der Waals surface area (Å²) in [6, 6.07) is 25.8. The van der Waals surface area contributed by atoms with Gasteiger partial charge in [-0.1, -0.05) is 68.7 Å². The summed E-state index contributed by atoms with van der Waals surface area (Å²) >= 11 is 0. The molecule has 2 heteroatoms. The highest BCUT2D eigenvalue weighted by molar-refractivity contribution is 5.79. The minimum atomic E-state index is 0.790. The lowest BCUT2D eigenvalue weighted by Crippen LogP contribution is -1.89. The summed E-state index contributed by atoms with van der Waals surface area (Å²) in [5.74, 6) is 0. The summed E-state index contributed by atoms with van der Waals surface area (Å²) in [7, 11) is 0. The maximum atomic E-state index is 4.73. The maximum absolute atomic E-state index is 4.73. The van der Waals surface area contributed by atoms with E-state index in [0.717, 1.165) is 22.3 Å². The molecule has 4 rings (SSSR count). The van der Waals surface area contributed by atoms with Gasteiger partial charge >= 0.3 is 0 Å². The number of unbranched alkanes of at least 4 members (excludes halogenated alkanes) is 3. The minimum Gasteiger partial charge on any atom is -0.237 e. The summed E-state index contributed by atoms with van der Waals surface area (Å²) in [5, 5.41) is 1.07. The Morgan fingerprint density at radius 3 is 2.43 bits per heavy atom. The molecule has 0 spiro atoms. The Bertz CT molecular complexity index is 1050. The standard InChI is InChI=1S/C26H26N2/c1-2-3-4-5-8-20-12-14-21(15-13-20)23-9-6-10-24(19-23)25-17-16-22-11-7-18-27-26(22)28-25/h6-7,9-19H,2-5,8H2,1H3. The van der Waals surface area contributed by atoms with Crippen LogP contribution in [0.15, 0.2) is 79.0 Å². The molecule has 0 saturated carbocycles. The van der Waals surface area contributed by atoms with E-state index in [2.05, 4.69) is 72.6 Å². The Labute approximate surface area is 167 Å². The molecule has 0 aliphatic carbocycles. The quantitative estimate of drug-likeness (QED) is 0.326. The summed E-state index contributed by atoms with van der Waals surface area (Å²) in [6.07, 6.45) is 8.20. The number of rotatable bonds is 7. The van der Waals surface area contributed by atoms with Crippen LogP contribution in [0.4, 0.5) is 0 Å². The molecule has 2 aromatic carbocycles. The molecule has 4 aromatic rings. The Morgan fingerprint density at radius 2 is 1.57 bits per heavy atom. The molecule has 0 atom stereocenters. The van der Waals surface area contributed by atoms with E-state index in [0.29, 0.717) is 0 Å². The molecule has 0 saturated heterocycles. The van der Waals surface area contributed by atoms with E-state index < -0.39 is 0 Å². The molecule has 0 amide bonds. The second-order valence-electron chi connectivity index (χ2n) is 7.34. The molecular formula is C26H26N2. The topological polar surface area (TPSA) is 25.8 Å². The lowest BCUT2D eigenvalue weighted by Gasteiger charge is -2.08. The van der Waals surface area contributed by atoms with E-state index in [1.165, 1.54) is 48.8 Å². The average Bonchev–Trinajstić information content (AvgIpc) is 2.77. The van der Waals surface area contributed by atoms with Gasteiger partial charge in [0.25, 0.3) is 0 Å². The third kappa shape index (κ3) is 4.28. The molecule has 0 unspecified atom stereocenters. The first-order valence-corrected chi connectivity index (χ1v) is 10.2. The van der Waals surface area contributed by atoms with E-state index >= 15 is 0 Å². The van der Waals surface area contributed by atoms with Gasteiger partial charge < -0.3 is 0 Å².